The number of hydrogen-bond acceptors (Lipinski definition) is 6. The standard InChI is InChI=1S/C30H30F2N4O4/c1-35(2)28(38)11-4-3-9-24(33)25(37)16-20-8-6-14-36(30(20)39)18-22-15-19-7-5-10-27(29(19)34-22)40-26-13-12-21(31)17-23(26)32/h4-8,10-14,17,24H,3,9,15-16,18,33H2,1-2H3/b11-4+/t24-/m0/s1. The molecule has 0 unspecified atom stereocenters. The first kappa shape index (κ1) is 28.6. The predicted molar refractivity (Wildman–Crippen MR) is 148 cm³/mol. The Morgan fingerprint density at radius 1 is 1.15 bits per heavy atom. The summed E-state index contributed by atoms with van der Waals surface area (Å²) >= 11 is 0. The number of benzene rings is 2. The second kappa shape index (κ2) is 12.6. The lowest BCUT2D eigenvalue weighted by Crippen LogP contribution is -2.34. The zero-order valence-electron chi connectivity index (χ0n) is 22.3. The van der Waals surface area contributed by atoms with Gasteiger partial charge in [0, 0.05) is 50.5 Å². The smallest absolute Gasteiger partial charge is 0.254 e. The fraction of sp³-hybridized carbons (Fsp3) is 0.267. The summed E-state index contributed by atoms with van der Waals surface area (Å²) in [6.45, 7) is 0.191. The number of pyridine rings is 1. The van der Waals surface area contributed by atoms with Crippen molar-refractivity contribution in [3.05, 3.63) is 100.0 Å². The van der Waals surface area contributed by atoms with E-state index in [2.05, 4.69) is 4.99 Å². The number of ketones is 1. The van der Waals surface area contributed by atoms with Gasteiger partial charge in [0.1, 0.15) is 11.5 Å². The Labute approximate surface area is 230 Å². The van der Waals surface area contributed by atoms with Crippen LogP contribution in [0.5, 0.6) is 11.5 Å². The molecule has 1 amide bonds. The number of Topliss-reactive ketones (excluding diaryl/α,β-unsaturated/α-hetero) is 1. The minimum atomic E-state index is -0.826. The van der Waals surface area contributed by atoms with E-state index in [9.17, 15) is 23.2 Å². The molecule has 2 aromatic carbocycles. The van der Waals surface area contributed by atoms with Crippen LogP contribution in [0.3, 0.4) is 0 Å². The Morgan fingerprint density at radius 2 is 1.95 bits per heavy atom. The summed E-state index contributed by atoms with van der Waals surface area (Å²) in [6.07, 6.45) is 5.92. The maximum atomic E-state index is 14.1. The highest BCUT2D eigenvalue weighted by atomic mass is 19.1. The maximum Gasteiger partial charge on any atom is 0.254 e. The van der Waals surface area contributed by atoms with E-state index in [0.29, 0.717) is 42.0 Å². The van der Waals surface area contributed by atoms with Crippen LogP contribution < -0.4 is 16.0 Å². The number of nitrogens with two attached hydrogens (primary N) is 1. The highest BCUT2D eigenvalue weighted by Gasteiger charge is 2.21. The molecule has 2 N–H and O–H groups in total. The summed E-state index contributed by atoms with van der Waals surface area (Å²) < 4.78 is 34.5. The first-order valence-electron chi connectivity index (χ1n) is 12.8. The molecule has 0 fully saturated rings. The van der Waals surface area contributed by atoms with Crippen molar-refractivity contribution >= 4 is 23.1 Å². The van der Waals surface area contributed by atoms with E-state index in [4.69, 9.17) is 10.5 Å². The van der Waals surface area contributed by atoms with Crippen LogP contribution in [0.1, 0.15) is 24.0 Å². The van der Waals surface area contributed by atoms with Gasteiger partial charge in [-0.05, 0) is 48.7 Å². The van der Waals surface area contributed by atoms with Gasteiger partial charge in [0.15, 0.2) is 23.1 Å². The first-order valence-corrected chi connectivity index (χ1v) is 12.8. The number of aliphatic imine (C=N–C) groups is 1. The van der Waals surface area contributed by atoms with E-state index >= 15 is 0 Å². The van der Waals surface area contributed by atoms with Crippen LogP contribution in [0.2, 0.25) is 0 Å². The SMILES string of the molecule is CN(C)C(=O)/C=C/CC[C@H](N)C(=O)Cc1cccn(CC2=Nc3c(cccc3Oc3ccc(F)cc3F)C2)c1=O. The van der Waals surface area contributed by atoms with E-state index in [0.717, 1.165) is 17.7 Å². The number of aromatic nitrogens is 1. The van der Waals surface area contributed by atoms with Gasteiger partial charge in [-0.2, -0.15) is 0 Å². The number of carbonyl (C=O) groups excluding carboxylic acids is 2. The number of halogens is 2. The lowest BCUT2D eigenvalue weighted by molar-refractivity contribution is -0.123. The van der Waals surface area contributed by atoms with Crippen molar-refractivity contribution in [1.82, 2.24) is 9.47 Å². The van der Waals surface area contributed by atoms with Crippen LogP contribution in [-0.2, 0) is 29.0 Å². The molecular formula is C30H30F2N4O4. The van der Waals surface area contributed by atoms with E-state index < -0.39 is 17.7 Å². The number of allylic oxidation sites excluding steroid dienone is 1. The van der Waals surface area contributed by atoms with Gasteiger partial charge < -0.3 is 19.9 Å². The average molecular weight is 549 g/mol. The lowest BCUT2D eigenvalue weighted by atomic mass is 10.0. The van der Waals surface area contributed by atoms with Crippen molar-refractivity contribution < 1.29 is 23.1 Å². The molecular weight excluding hydrogens is 518 g/mol. The topological polar surface area (TPSA) is 107 Å². The van der Waals surface area contributed by atoms with Gasteiger partial charge in [0.2, 0.25) is 5.91 Å². The maximum absolute atomic E-state index is 14.1. The molecule has 40 heavy (non-hydrogen) atoms. The van der Waals surface area contributed by atoms with Gasteiger partial charge in [-0.1, -0.05) is 24.3 Å². The van der Waals surface area contributed by atoms with Crippen LogP contribution >= 0.6 is 0 Å². The molecule has 10 heteroatoms. The predicted octanol–water partition coefficient (Wildman–Crippen LogP) is 4.11. The number of carbonyl (C=O) groups is 2. The minimum absolute atomic E-state index is 0.102. The third-order valence-electron chi connectivity index (χ3n) is 6.44. The minimum Gasteiger partial charge on any atom is -0.452 e. The number of hydrogen-bond donors (Lipinski definition) is 1. The molecule has 0 saturated carbocycles. The summed E-state index contributed by atoms with van der Waals surface area (Å²) in [4.78, 5) is 43.5. The molecule has 1 aromatic heterocycles. The number of para-hydroxylation sites is 1. The summed E-state index contributed by atoms with van der Waals surface area (Å²) in [5.41, 5.74) is 8.10. The lowest BCUT2D eigenvalue weighted by Gasteiger charge is -2.11. The number of nitrogens with zero attached hydrogens (tertiary/aromatic N) is 3. The number of fused-ring (bicyclic) bond motifs is 1. The van der Waals surface area contributed by atoms with E-state index in [1.807, 2.05) is 6.07 Å². The molecule has 0 radical (unpaired) electrons. The van der Waals surface area contributed by atoms with Crippen LogP contribution in [0.15, 0.2) is 76.7 Å². The van der Waals surface area contributed by atoms with Gasteiger partial charge in [-0.15, -0.1) is 0 Å². The Hall–Kier alpha value is -4.44. The molecule has 3 aromatic rings. The van der Waals surface area contributed by atoms with Crippen LogP contribution in [-0.4, -0.2) is 47.0 Å². The quantitative estimate of drug-likeness (QED) is 0.363. The molecule has 4 rings (SSSR count). The van der Waals surface area contributed by atoms with Gasteiger partial charge in [-0.3, -0.25) is 19.4 Å². The van der Waals surface area contributed by atoms with E-state index in [1.54, 1.807) is 50.6 Å². The Morgan fingerprint density at radius 3 is 2.70 bits per heavy atom. The van der Waals surface area contributed by atoms with Crippen LogP contribution in [0.4, 0.5) is 14.5 Å². The van der Waals surface area contributed by atoms with Crippen molar-refractivity contribution in [1.29, 1.82) is 0 Å². The van der Waals surface area contributed by atoms with E-state index in [-0.39, 0.29) is 36.0 Å². The zero-order valence-corrected chi connectivity index (χ0v) is 22.3. The third-order valence-corrected chi connectivity index (χ3v) is 6.44. The van der Waals surface area contributed by atoms with Crippen molar-refractivity contribution in [2.24, 2.45) is 10.7 Å². The van der Waals surface area contributed by atoms with Crippen molar-refractivity contribution in [3.8, 4) is 11.5 Å². The van der Waals surface area contributed by atoms with Crippen molar-refractivity contribution in [2.75, 3.05) is 14.1 Å². The zero-order chi connectivity index (χ0) is 28.8. The number of amides is 1. The summed E-state index contributed by atoms with van der Waals surface area (Å²) in [5, 5.41) is 0. The molecule has 1 aliphatic heterocycles. The van der Waals surface area contributed by atoms with Crippen molar-refractivity contribution in [3.63, 3.8) is 0 Å². The summed E-state index contributed by atoms with van der Waals surface area (Å²) in [6, 6.07) is 10.9. The fourth-order valence-corrected chi connectivity index (χ4v) is 4.24. The first-order chi connectivity index (χ1) is 19.1. The molecule has 208 valence electrons. The van der Waals surface area contributed by atoms with Crippen molar-refractivity contribution in [2.45, 2.75) is 38.3 Å². The average Bonchev–Trinajstić information content (AvgIpc) is 3.33. The van der Waals surface area contributed by atoms with Crippen LogP contribution in [0.25, 0.3) is 0 Å². The molecule has 1 aliphatic rings. The highest BCUT2D eigenvalue weighted by Crippen LogP contribution is 2.39. The molecule has 0 saturated heterocycles. The van der Waals surface area contributed by atoms with Gasteiger partial charge in [0.05, 0.1) is 12.6 Å². The molecule has 1 atom stereocenters. The van der Waals surface area contributed by atoms with Gasteiger partial charge in [0.25, 0.3) is 5.56 Å². The summed E-state index contributed by atoms with van der Waals surface area (Å²) in [5.74, 6) is -1.74. The normalized spacial score (nSPS) is 13.2. The Bertz CT molecular complexity index is 1540. The number of likely N-dealkylation sites (N-methyl/N-ethyl adjacent to an activating group) is 1. The number of ether oxygens (including phenoxy) is 1. The molecule has 2 heterocycles. The second-order valence-corrected chi connectivity index (χ2v) is 9.72. The summed E-state index contributed by atoms with van der Waals surface area (Å²) in [7, 11) is 3.30. The third kappa shape index (κ3) is 6.95. The fourth-order valence-electron chi connectivity index (χ4n) is 4.24. The van der Waals surface area contributed by atoms with Gasteiger partial charge >= 0.3 is 0 Å². The van der Waals surface area contributed by atoms with E-state index in [1.165, 1.54) is 21.6 Å². The molecule has 0 spiro atoms. The molecule has 8 nitrogen and oxygen atoms in total. The Balaban J connectivity index is 1.42. The Kier molecular flexibility index (Phi) is 9.00. The second-order valence-electron chi connectivity index (χ2n) is 9.72. The molecule has 0 aliphatic carbocycles. The van der Waals surface area contributed by atoms with Crippen LogP contribution in [0, 0.1) is 11.6 Å². The largest absolute Gasteiger partial charge is 0.452 e. The highest BCUT2D eigenvalue weighted by molar-refractivity contribution is 5.95. The monoisotopic (exact) mass is 548 g/mol. The van der Waals surface area contributed by atoms with Gasteiger partial charge in [-0.25, -0.2) is 8.78 Å². The molecule has 0 bridgehead atoms. The number of rotatable bonds is 11.